The topological polar surface area (TPSA) is 87.8 Å². The van der Waals surface area contributed by atoms with Gasteiger partial charge in [0.1, 0.15) is 11.8 Å². The van der Waals surface area contributed by atoms with Gasteiger partial charge < -0.3 is 14.8 Å². The molecule has 1 aromatic rings. The van der Waals surface area contributed by atoms with E-state index in [1.54, 1.807) is 15.8 Å². The SMILES string of the molecule is CC(C)(C)OC(=O)N1CCCCC1n1cc(B(O)O)cn1. The van der Waals surface area contributed by atoms with Gasteiger partial charge in [-0.3, -0.25) is 9.58 Å². The number of carbonyl (C=O) groups is 1. The zero-order chi connectivity index (χ0) is 15.6. The number of nitrogens with zero attached hydrogens (tertiary/aromatic N) is 3. The lowest BCUT2D eigenvalue weighted by atomic mass is 9.83. The third-order valence-electron chi connectivity index (χ3n) is 3.32. The fourth-order valence-electron chi connectivity index (χ4n) is 2.37. The van der Waals surface area contributed by atoms with Gasteiger partial charge in [-0.1, -0.05) is 0 Å². The Bertz CT molecular complexity index is 498. The second-order valence-corrected chi connectivity index (χ2v) is 6.28. The molecule has 8 heteroatoms. The number of piperidine rings is 1. The highest BCUT2D eigenvalue weighted by atomic mass is 16.6. The number of carbonyl (C=O) groups excluding carboxylic acids is 1. The number of rotatable bonds is 2. The van der Waals surface area contributed by atoms with E-state index in [0.29, 0.717) is 12.0 Å². The van der Waals surface area contributed by atoms with E-state index in [2.05, 4.69) is 5.10 Å². The predicted octanol–water partition coefficient (Wildman–Crippen LogP) is 0.482. The van der Waals surface area contributed by atoms with Crippen molar-refractivity contribution in [3.05, 3.63) is 12.4 Å². The highest BCUT2D eigenvalue weighted by Gasteiger charge is 2.32. The van der Waals surface area contributed by atoms with E-state index in [9.17, 15) is 4.79 Å². The van der Waals surface area contributed by atoms with Crippen LogP contribution in [0.15, 0.2) is 12.4 Å². The summed E-state index contributed by atoms with van der Waals surface area (Å²) in [4.78, 5) is 14.0. The maximum Gasteiger partial charge on any atom is 0.491 e. The lowest BCUT2D eigenvalue weighted by Crippen LogP contribution is -2.44. The molecule has 2 rings (SSSR count). The summed E-state index contributed by atoms with van der Waals surface area (Å²) in [7, 11) is -1.56. The molecular formula is C13H22BN3O4. The molecule has 116 valence electrons. The second-order valence-electron chi connectivity index (χ2n) is 6.28. The van der Waals surface area contributed by atoms with Crippen molar-refractivity contribution in [3.8, 4) is 0 Å². The first-order valence-corrected chi connectivity index (χ1v) is 7.18. The molecule has 1 aromatic heterocycles. The van der Waals surface area contributed by atoms with E-state index < -0.39 is 12.7 Å². The highest BCUT2D eigenvalue weighted by Crippen LogP contribution is 2.27. The van der Waals surface area contributed by atoms with Crippen LogP contribution in [0, 0.1) is 0 Å². The Morgan fingerprint density at radius 2 is 2.14 bits per heavy atom. The fraction of sp³-hybridized carbons (Fsp3) is 0.692. The molecule has 1 saturated heterocycles. The van der Waals surface area contributed by atoms with Crippen molar-refractivity contribution in [1.29, 1.82) is 0 Å². The van der Waals surface area contributed by atoms with Crippen molar-refractivity contribution in [3.63, 3.8) is 0 Å². The zero-order valence-corrected chi connectivity index (χ0v) is 12.7. The summed E-state index contributed by atoms with van der Waals surface area (Å²) in [6.07, 6.45) is 5.01. The molecule has 1 atom stereocenters. The van der Waals surface area contributed by atoms with Crippen molar-refractivity contribution in [2.45, 2.75) is 51.8 Å². The summed E-state index contributed by atoms with van der Waals surface area (Å²) in [6, 6.07) is 0. The first-order valence-electron chi connectivity index (χ1n) is 7.18. The van der Waals surface area contributed by atoms with Crippen LogP contribution in [-0.4, -0.2) is 50.1 Å². The van der Waals surface area contributed by atoms with Crippen LogP contribution in [0.3, 0.4) is 0 Å². The molecule has 0 saturated carbocycles. The molecule has 7 nitrogen and oxygen atoms in total. The van der Waals surface area contributed by atoms with Crippen LogP contribution in [0.25, 0.3) is 0 Å². The molecular weight excluding hydrogens is 273 g/mol. The molecule has 1 aliphatic rings. The Balaban J connectivity index is 2.16. The number of amides is 1. The van der Waals surface area contributed by atoms with Crippen LogP contribution in [0.2, 0.25) is 0 Å². The molecule has 0 spiro atoms. The van der Waals surface area contributed by atoms with E-state index in [1.807, 2.05) is 20.8 Å². The van der Waals surface area contributed by atoms with Crippen LogP contribution in [0.5, 0.6) is 0 Å². The second kappa shape index (κ2) is 6.07. The minimum absolute atomic E-state index is 0.249. The summed E-state index contributed by atoms with van der Waals surface area (Å²) in [5.74, 6) is 0. The van der Waals surface area contributed by atoms with Crippen molar-refractivity contribution in [2.24, 2.45) is 0 Å². The summed E-state index contributed by atoms with van der Waals surface area (Å²) >= 11 is 0. The smallest absolute Gasteiger partial charge is 0.444 e. The molecule has 2 N–H and O–H groups in total. The number of hydrogen-bond acceptors (Lipinski definition) is 5. The van der Waals surface area contributed by atoms with Crippen LogP contribution in [-0.2, 0) is 4.74 Å². The third kappa shape index (κ3) is 3.98. The molecule has 0 radical (unpaired) electrons. The number of hydrogen-bond donors (Lipinski definition) is 2. The minimum atomic E-state index is -1.56. The summed E-state index contributed by atoms with van der Waals surface area (Å²) in [6.45, 7) is 6.10. The summed E-state index contributed by atoms with van der Waals surface area (Å²) in [5, 5.41) is 22.5. The van der Waals surface area contributed by atoms with Gasteiger partial charge in [-0.05, 0) is 40.0 Å². The molecule has 1 aliphatic heterocycles. The van der Waals surface area contributed by atoms with Gasteiger partial charge in [-0.25, -0.2) is 4.79 Å². The van der Waals surface area contributed by atoms with Gasteiger partial charge in [-0.2, -0.15) is 5.10 Å². The maximum absolute atomic E-state index is 12.3. The van der Waals surface area contributed by atoms with Crippen LogP contribution in [0.1, 0.15) is 46.2 Å². The van der Waals surface area contributed by atoms with Crippen LogP contribution >= 0.6 is 0 Å². The van der Waals surface area contributed by atoms with Crippen molar-refractivity contribution in [1.82, 2.24) is 14.7 Å². The first kappa shape index (κ1) is 15.8. The van der Waals surface area contributed by atoms with E-state index in [-0.39, 0.29) is 12.3 Å². The quantitative estimate of drug-likeness (QED) is 0.775. The van der Waals surface area contributed by atoms with Crippen LogP contribution < -0.4 is 5.46 Å². The Kier molecular flexibility index (Phi) is 4.58. The monoisotopic (exact) mass is 295 g/mol. The molecule has 2 heterocycles. The van der Waals surface area contributed by atoms with E-state index in [0.717, 1.165) is 19.3 Å². The third-order valence-corrected chi connectivity index (χ3v) is 3.32. The largest absolute Gasteiger partial charge is 0.491 e. The molecule has 1 unspecified atom stereocenters. The molecule has 1 amide bonds. The van der Waals surface area contributed by atoms with E-state index >= 15 is 0 Å². The molecule has 0 aromatic carbocycles. The predicted molar refractivity (Wildman–Crippen MR) is 77.9 cm³/mol. The van der Waals surface area contributed by atoms with Gasteiger partial charge in [0.2, 0.25) is 0 Å². The Labute approximate surface area is 124 Å². The normalized spacial score (nSPS) is 19.5. The Morgan fingerprint density at radius 3 is 2.71 bits per heavy atom. The number of likely N-dealkylation sites (tertiary alicyclic amines) is 1. The van der Waals surface area contributed by atoms with Gasteiger partial charge in [0.15, 0.2) is 0 Å². The average Bonchev–Trinajstić information content (AvgIpc) is 2.86. The summed E-state index contributed by atoms with van der Waals surface area (Å²) < 4.78 is 7.03. The summed E-state index contributed by atoms with van der Waals surface area (Å²) in [5.41, 5.74) is -0.236. The number of aromatic nitrogens is 2. The molecule has 0 bridgehead atoms. The minimum Gasteiger partial charge on any atom is -0.444 e. The van der Waals surface area contributed by atoms with E-state index in [4.69, 9.17) is 14.8 Å². The lowest BCUT2D eigenvalue weighted by molar-refractivity contribution is -0.00343. The van der Waals surface area contributed by atoms with Crippen LogP contribution in [0.4, 0.5) is 4.79 Å². The van der Waals surface area contributed by atoms with E-state index in [1.165, 1.54) is 6.20 Å². The average molecular weight is 295 g/mol. The Hall–Kier alpha value is -1.54. The standard InChI is InChI=1S/C13H22BN3O4/c1-13(2,3)21-12(18)16-7-5-4-6-11(16)17-9-10(8-15-17)14(19)20/h8-9,11,19-20H,4-7H2,1-3H3. The zero-order valence-electron chi connectivity index (χ0n) is 12.7. The Morgan fingerprint density at radius 1 is 1.43 bits per heavy atom. The van der Waals surface area contributed by atoms with Gasteiger partial charge in [0.25, 0.3) is 0 Å². The van der Waals surface area contributed by atoms with Gasteiger partial charge >= 0.3 is 13.2 Å². The lowest BCUT2D eigenvalue weighted by Gasteiger charge is -2.36. The first-order chi connectivity index (χ1) is 9.78. The maximum atomic E-state index is 12.3. The molecule has 21 heavy (non-hydrogen) atoms. The van der Waals surface area contributed by atoms with Gasteiger partial charge in [-0.15, -0.1) is 0 Å². The van der Waals surface area contributed by atoms with Gasteiger partial charge in [0, 0.05) is 24.4 Å². The number of ether oxygens (including phenoxy) is 1. The highest BCUT2D eigenvalue weighted by molar-refractivity contribution is 6.58. The fourth-order valence-corrected chi connectivity index (χ4v) is 2.37. The molecule has 0 aliphatic carbocycles. The van der Waals surface area contributed by atoms with Crippen molar-refractivity contribution >= 4 is 18.7 Å². The van der Waals surface area contributed by atoms with Crippen molar-refractivity contribution in [2.75, 3.05) is 6.54 Å². The van der Waals surface area contributed by atoms with Crippen molar-refractivity contribution < 1.29 is 19.6 Å². The molecule has 1 fully saturated rings. The van der Waals surface area contributed by atoms with Gasteiger partial charge in [0.05, 0.1) is 0 Å².